The Balaban J connectivity index is 1.44. The molecule has 0 saturated heterocycles. The monoisotopic (exact) mass is 398 g/mol. The summed E-state index contributed by atoms with van der Waals surface area (Å²) in [5.74, 6) is 1.86. The van der Waals surface area contributed by atoms with Gasteiger partial charge in [-0.2, -0.15) is 0 Å². The van der Waals surface area contributed by atoms with Crippen molar-refractivity contribution in [3.05, 3.63) is 99.2 Å². The van der Waals surface area contributed by atoms with Gasteiger partial charge in [0, 0.05) is 23.4 Å². The Bertz CT molecular complexity index is 910. The predicted molar refractivity (Wildman–Crippen MR) is 107 cm³/mol. The highest BCUT2D eigenvalue weighted by atomic mass is 35.5. The molecule has 3 aromatic heterocycles. The molecule has 4 aromatic rings. The van der Waals surface area contributed by atoms with Crippen molar-refractivity contribution in [3.63, 3.8) is 0 Å². The Hall–Kier alpha value is -2.34. The Morgan fingerprint density at radius 3 is 2.15 bits per heavy atom. The topological polar surface area (TPSA) is 42.4 Å². The molecular formula is C21H19ClN2O2S. The van der Waals surface area contributed by atoms with E-state index in [1.54, 1.807) is 23.9 Å². The third kappa shape index (κ3) is 5.10. The van der Waals surface area contributed by atoms with E-state index in [2.05, 4.69) is 10.3 Å². The molecule has 4 rings (SSSR count). The SMILES string of the molecule is Clc1ccc(Cc2nc(CN(Cc3ccco3)Cc3ccco3)cs2)cc1. The Kier molecular flexibility index (Phi) is 5.72. The molecule has 0 bridgehead atoms. The number of hydrogen-bond acceptors (Lipinski definition) is 5. The van der Waals surface area contributed by atoms with Crippen molar-refractivity contribution in [1.82, 2.24) is 9.88 Å². The average molecular weight is 399 g/mol. The summed E-state index contributed by atoms with van der Waals surface area (Å²) in [7, 11) is 0. The summed E-state index contributed by atoms with van der Waals surface area (Å²) < 4.78 is 11.0. The van der Waals surface area contributed by atoms with Crippen LogP contribution in [0.5, 0.6) is 0 Å². The third-order valence-corrected chi connectivity index (χ3v) is 5.32. The first-order valence-electron chi connectivity index (χ1n) is 8.69. The number of halogens is 1. The Morgan fingerprint density at radius 1 is 0.889 bits per heavy atom. The van der Waals surface area contributed by atoms with E-state index in [0.717, 1.165) is 40.2 Å². The third-order valence-electron chi connectivity index (χ3n) is 4.17. The molecule has 0 fully saturated rings. The van der Waals surface area contributed by atoms with Crippen molar-refractivity contribution < 1.29 is 8.83 Å². The van der Waals surface area contributed by atoms with Crippen LogP contribution in [-0.4, -0.2) is 9.88 Å². The van der Waals surface area contributed by atoms with Crippen molar-refractivity contribution in [2.45, 2.75) is 26.1 Å². The lowest BCUT2D eigenvalue weighted by Crippen LogP contribution is -2.22. The van der Waals surface area contributed by atoms with Gasteiger partial charge in [0.1, 0.15) is 11.5 Å². The Labute approximate surface area is 167 Å². The summed E-state index contributed by atoms with van der Waals surface area (Å²) in [6, 6.07) is 15.7. The second-order valence-electron chi connectivity index (χ2n) is 6.34. The summed E-state index contributed by atoms with van der Waals surface area (Å²) >= 11 is 7.65. The van der Waals surface area contributed by atoms with Crippen LogP contribution in [0, 0.1) is 0 Å². The minimum absolute atomic E-state index is 0.706. The highest BCUT2D eigenvalue weighted by molar-refractivity contribution is 7.09. The first-order chi connectivity index (χ1) is 13.2. The molecular weight excluding hydrogens is 380 g/mol. The fourth-order valence-corrected chi connectivity index (χ4v) is 3.87. The highest BCUT2D eigenvalue weighted by Gasteiger charge is 2.13. The van der Waals surface area contributed by atoms with Gasteiger partial charge in [0.25, 0.3) is 0 Å². The van der Waals surface area contributed by atoms with Crippen molar-refractivity contribution >= 4 is 22.9 Å². The second kappa shape index (κ2) is 8.57. The maximum absolute atomic E-state index is 5.96. The van der Waals surface area contributed by atoms with Gasteiger partial charge >= 0.3 is 0 Å². The van der Waals surface area contributed by atoms with Crippen LogP contribution in [0.1, 0.15) is 27.8 Å². The zero-order valence-corrected chi connectivity index (χ0v) is 16.2. The molecule has 1 aromatic carbocycles. The van der Waals surface area contributed by atoms with Gasteiger partial charge in [-0.15, -0.1) is 11.3 Å². The molecule has 3 heterocycles. The molecule has 0 aliphatic carbocycles. The van der Waals surface area contributed by atoms with Crippen molar-refractivity contribution in [3.8, 4) is 0 Å². The highest BCUT2D eigenvalue weighted by Crippen LogP contribution is 2.20. The molecule has 0 unspecified atom stereocenters. The van der Waals surface area contributed by atoms with Gasteiger partial charge in [-0.3, -0.25) is 4.90 Å². The molecule has 0 spiro atoms. The molecule has 6 heteroatoms. The summed E-state index contributed by atoms with van der Waals surface area (Å²) in [5.41, 5.74) is 2.27. The Morgan fingerprint density at radius 2 is 1.56 bits per heavy atom. The van der Waals surface area contributed by atoms with Crippen molar-refractivity contribution in [2.75, 3.05) is 0 Å². The summed E-state index contributed by atoms with van der Waals surface area (Å²) in [5, 5.41) is 3.98. The van der Waals surface area contributed by atoms with Crippen LogP contribution >= 0.6 is 22.9 Å². The van der Waals surface area contributed by atoms with E-state index in [0.29, 0.717) is 13.1 Å². The fourth-order valence-electron chi connectivity index (χ4n) is 2.92. The van der Waals surface area contributed by atoms with Crippen LogP contribution in [-0.2, 0) is 26.1 Å². The lowest BCUT2D eigenvalue weighted by atomic mass is 10.2. The lowest BCUT2D eigenvalue weighted by Gasteiger charge is -2.18. The van der Waals surface area contributed by atoms with Gasteiger partial charge in [0.2, 0.25) is 0 Å². The van der Waals surface area contributed by atoms with Crippen LogP contribution in [0.4, 0.5) is 0 Å². The lowest BCUT2D eigenvalue weighted by molar-refractivity contribution is 0.207. The van der Waals surface area contributed by atoms with E-state index in [1.165, 1.54) is 5.56 Å². The van der Waals surface area contributed by atoms with E-state index in [1.807, 2.05) is 48.5 Å². The summed E-state index contributed by atoms with van der Waals surface area (Å²) in [6.45, 7) is 2.15. The first kappa shape index (κ1) is 18.0. The minimum atomic E-state index is 0.706. The maximum atomic E-state index is 5.96. The molecule has 4 nitrogen and oxygen atoms in total. The summed E-state index contributed by atoms with van der Waals surface area (Å²) in [4.78, 5) is 7.07. The van der Waals surface area contributed by atoms with Gasteiger partial charge in [-0.05, 0) is 42.0 Å². The van der Waals surface area contributed by atoms with Crippen LogP contribution in [0.15, 0.2) is 75.3 Å². The number of benzene rings is 1. The first-order valence-corrected chi connectivity index (χ1v) is 9.95. The van der Waals surface area contributed by atoms with Gasteiger partial charge in [-0.1, -0.05) is 23.7 Å². The van der Waals surface area contributed by atoms with Crippen LogP contribution in [0.2, 0.25) is 5.02 Å². The molecule has 0 radical (unpaired) electrons. The molecule has 0 amide bonds. The van der Waals surface area contributed by atoms with Gasteiger partial charge in [0.05, 0.1) is 36.3 Å². The van der Waals surface area contributed by atoms with E-state index in [-0.39, 0.29) is 0 Å². The number of rotatable bonds is 8. The largest absolute Gasteiger partial charge is 0.468 e. The maximum Gasteiger partial charge on any atom is 0.117 e. The van der Waals surface area contributed by atoms with Crippen LogP contribution in [0.25, 0.3) is 0 Å². The number of hydrogen-bond donors (Lipinski definition) is 0. The molecule has 0 aliphatic rings. The number of nitrogens with zero attached hydrogens (tertiary/aromatic N) is 2. The fraction of sp³-hybridized carbons (Fsp3) is 0.190. The number of furan rings is 2. The van der Waals surface area contributed by atoms with E-state index >= 15 is 0 Å². The van der Waals surface area contributed by atoms with Gasteiger partial charge in [-0.25, -0.2) is 4.98 Å². The van der Waals surface area contributed by atoms with Gasteiger partial charge in [0.15, 0.2) is 0 Å². The van der Waals surface area contributed by atoms with Gasteiger partial charge < -0.3 is 8.83 Å². The predicted octanol–water partition coefficient (Wildman–Crippen LogP) is 5.78. The quantitative estimate of drug-likeness (QED) is 0.377. The van der Waals surface area contributed by atoms with Crippen molar-refractivity contribution in [2.24, 2.45) is 0 Å². The molecule has 138 valence electrons. The van der Waals surface area contributed by atoms with E-state index < -0.39 is 0 Å². The normalized spacial score (nSPS) is 11.3. The zero-order chi connectivity index (χ0) is 18.5. The van der Waals surface area contributed by atoms with Crippen molar-refractivity contribution in [1.29, 1.82) is 0 Å². The van der Waals surface area contributed by atoms with E-state index in [4.69, 9.17) is 25.4 Å². The molecule has 0 N–H and O–H groups in total. The summed E-state index contributed by atoms with van der Waals surface area (Å²) in [6.07, 6.45) is 4.22. The molecule has 0 atom stereocenters. The van der Waals surface area contributed by atoms with E-state index in [9.17, 15) is 0 Å². The zero-order valence-electron chi connectivity index (χ0n) is 14.7. The number of aromatic nitrogens is 1. The molecule has 0 aliphatic heterocycles. The molecule has 0 saturated carbocycles. The second-order valence-corrected chi connectivity index (χ2v) is 7.72. The smallest absolute Gasteiger partial charge is 0.117 e. The minimum Gasteiger partial charge on any atom is -0.468 e. The standard InChI is InChI=1S/C21H19ClN2O2S/c22-17-7-5-16(6-8-17)11-21-23-18(15-27-21)12-24(13-19-3-1-9-25-19)14-20-4-2-10-26-20/h1-10,15H,11-14H2. The van der Waals surface area contributed by atoms with Crippen LogP contribution < -0.4 is 0 Å². The average Bonchev–Trinajstić information content (AvgIpc) is 3.41. The van der Waals surface area contributed by atoms with Crippen LogP contribution in [0.3, 0.4) is 0 Å². The number of thiazole rings is 1. The molecule has 27 heavy (non-hydrogen) atoms.